The number of hydrogen-bond donors (Lipinski definition) is 0. The number of unbranched alkanes of at least 4 members (excludes halogenated alkanes) is 31. The third-order valence-electron chi connectivity index (χ3n) is 9.70. The Bertz CT molecular complexity index is 648. The lowest BCUT2D eigenvalue weighted by Crippen LogP contribution is -2.09. The summed E-state index contributed by atoms with van der Waals surface area (Å²) in [4.78, 5) is 13.0. The van der Waals surface area contributed by atoms with Crippen molar-refractivity contribution in [3.8, 4) is 0 Å². The number of ether oxygens (including phenoxy) is 1. The van der Waals surface area contributed by atoms with Crippen LogP contribution in [0.4, 0.5) is 0 Å². The summed E-state index contributed by atoms with van der Waals surface area (Å²) in [5, 5.41) is 0. The summed E-state index contributed by atoms with van der Waals surface area (Å²) < 4.78 is 5.76. The van der Waals surface area contributed by atoms with E-state index in [9.17, 15) is 4.79 Å². The molecule has 0 aromatic heterocycles. The van der Waals surface area contributed by atoms with Crippen molar-refractivity contribution in [1.82, 2.24) is 0 Å². The largest absolute Gasteiger partial charge is 0.462 e. The highest BCUT2D eigenvalue weighted by Crippen LogP contribution is 2.17. The highest BCUT2D eigenvalue weighted by molar-refractivity contribution is 5.88. The zero-order valence-electron chi connectivity index (χ0n) is 32.0. The van der Waals surface area contributed by atoms with Crippen LogP contribution in [-0.4, -0.2) is 12.6 Å². The predicted octanol–water partition coefficient (Wildman–Crippen LogP) is 15.7. The van der Waals surface area contributed by atoms with E-state index in [2.05, 4.69) is 39.0 Å². The van der Waals surface area contributed by atoms with Gasteiger partial charge in [-0.3, -0.25) is 0 Å². The minimum absolute atomic E-state index is 0.0718. The maximum absolute atomic E-state index is 13.0. The average Bonchev–Trinajstić information content (AvgIpc) is 3.06. The van der Waals surface area contributed by atoms with Gasteiger partial charge in [-0.05, 0) is 32.1 Å². The van der Waals surface area contributed by atoms with Crippen molar-refractivity contribution in [2.24, 2.45) is 0 Å². The molecule has 0 atom stereocenters. The van der Waals surface area contributed by atoms with E-state index < -0.39 is 0 Å². The molecule has 0 unspecified atom stereocenters. The zero-order valence-corrected chi connectivity index (χ0v) is 32.0. The molecule has 0 aliphatic heterocycles. The van der Waals surface area contributed by atoms with Crippen LogP contribution < -0.4 is 0 Å². The van der Waals surface area contributed by atoms with Crippen LogP contribution in [0.2, 0.25) is 0 Å². The number of carbonyl (C=O) groups is 1. The van der Waals surface area contributed by atoms with Crippen LogP contribution >= 0.6 is 0 Å². The van der Waals surface area contributed by atoms with Crippen molar-refractivity contribution < 1.29 is 9.53 Å². The van der Waals surface area contributed by atoms with Crippen molar-refractivity contribution >= 4 is 5.97 Å². The Balaban J connectivity index is 4.20. The minimum atomic E-state index is -0.0718. The van der Waals surface area contributed by atoms with E-state index >= 15 is 0 Å². The molecule has 2 nitrogen and oxygen atoms in total. The molecule has 272 valence electrons. The molecule has 0 saturated carbocycles. The van der Waals surface area contributed by atoms with Gasteiger partial charge in [0.1, 0.15) is 0 Å². The monoisotopic (exact) mass is 645 g/mol. The second-order valence-corrected chi connectivity index (χ2v) is 14.4. The first-order chi connectivity index (χ1) is 22.8. The van der Waals surface area contributed by atoms with Gasteiger partial charge in [-0.2, -0.15) is 0 Å². The van der Waals surface area contributed by atoms with Gasteiger partial charge in [-0.25, -0.2) is 4.79 Å². The quantitative estimate of drug-likeness (QED) is 0.0289. The van der Waals surface area contributed by atoms with Crippen LogP contribution in [0.3, 0.4) is 0 Å². The summed E-state index contributed by atoms with van der Waals surface area (Å²) in [6.45, 7) is 7.44. The van der Waals surface area contributed by atoms with Gasteiger partial charge in [0.2, 0.25) is 0 Å². The SMILES string of the molecule is CCCCCCCCCCCCCCCC=CC=C(CCCCCCCCCCCC)C(=O)OCCCCCCCCCCCC. The topological polar surface area (TPSA) is 26.3 Å². The molecule has 0 rings (SSSR count). The molecule has 46 heavy (non-hydrogen) atoms. The summed E-state index contributed by atoms with van der Waals surface area (Å²) in [6, 6.07) is 0. The van der Waals surface area contributed by atoms with E-state index in [1.807, 2.05) is 0 Å². The summed E-state index contributed by atoms with van der Waals surface area (Å²) in [6.07, 6.45) is 52.9. The molecular weight excluding hydrogens is 560 g/mol. The molecule has 0 radical (unpaired) electrons. The molecule has 0 heterocycles. The van der Waals surface area contributed by atoms with E-state index in [1.54, 1.807) is 0 Å². The Morgan fingerprint density at radius 3 is 1.13 bits per heavy atom. The number of rotatable bonds is 38. The molecular formula is C44H84O2. The molecule has 2 heteroatoms. The maximum atomic E-state index is 13.0. The summed E-state index contributed by atoms with van der Waals surface area (Å²) in [7, 11) is 0. The Morgan fingerprint density at radius 1 is 0.413 bits per heavy atom. The zero-order chi connectivity index (χ0) is 33.4. The second kappa shape index (κ2) is 40.1. The number of allylic oxidation sites excluding steroid dienone is 3. The number of carbonyl (C=O) groups excluding carboxylic acids is 1. The predicted molar refractivity (Wildman–Crippen MR) is 207 cm³/mol. The Kier molecular flexibility index (Phi) is 39.2. The van der Waals surface area contributed by atoms with E-state index in [-0.39, 0.29) is 5.97 Å². The fourth-order valence-corrected chi connectivity index (χ4v) is 6.46. The highest BCUT2D eigenvalue weighted by Gasteiger charge is 2.10. The number of hydrogen-bond acceptors (Lipinski definition) is 2. The van der Waals surface area contributed by atoms with Gasteiger partial charge >= 0.3 is 5.97 Å². The smallest absolute Gasteiger partial charge is 0.333 e. The second-order valence-electron chi connectivity index (χ2n) is 14.4. The maximum Gasteiger partial charge on any atom is 0.333 e. The van der Waals surface area contributed by atoms with Crippen LogP contribution in [-0.2, 0) is 9.53 Å². The first kappa shape index (κ1) is 45.0. The molecule has 0 saturated heterocycles. The molecule has 0 aromatic rings. The van der Waals surface area contributed by atoms with E-state index in [4.69, 9.17) is 4.74 Å². The molecule has 0 fully saturated rings. The van der Waals surface area contributed by atoms with Crippen molar-refractivity contribution in [2.45, 2.75) is 245 Å². The van der Waals surface area contributed by atoms with Crippen LogP contribution in [0.5, 0.6) is 0 Å². The molecule has 0 amide bonds. The summed E-state index contributed by atoms with van der Waals surface area (Å²) >= 11 is 0. The minimum Gasteiger partial charge on any atom is -0.462 e. The molecule has 0 aromatic carbocycles. The molecule has 0 spiro atoms. The van der Waals surface area contributed by atoms with Gasteiger partial charge in [0.25, 0.3) is 0 Å². The Hall–Kier alpha value is -1.05. The van der Waals surface area contributed by atoms with Crippen molar-refractivity contribution in [1.29, 1.82) is 0 Å². The fourth-order valence-electron chi connectivity index (χ4n) is 6.46. The highest BCUT2D eigenvalue weighted by atomic mass is 16.5. The molecule has 0 bridgehead atoms. The van der Waals surface area contributed by atoms with E-state index in [0.29, 0.717) is 6.61 Å². The standard InChI is InChI=1S/C44H84O2/c1-4-7-10-13-16-19-22-23-24-25-26-27-29-32-35-38-41-43(40-37-34-31-28-20-17-14-11-8-5-2)44(45)46-42-39-36-33-30-21-18-15-12-9-6-3/h35,38,41H,4-34,36-37,39-40,42H2,1-3H3. The van der Waals surface area contributed by atoms with Gasteiger partial charge < -0.3 is 4.74 Å². The van der Waals surface area contributed by atoms with E-state index in [0.717, 1.165) is 31.3 Å². The Labute approximate surface area is 290 Å². The third kappa shape index (κ3) is 35.8. The average molecular weight is 645 g/mol. The van der Waals surface area contributed by atoms with Crippen molar-refractivity contribution in [2.75, 3.05) is 6.61 Å². The Morgan fingerprint density at radius 2 is 0.739 bits per heavy atom. The van der Waals surface area contributed by atoms with Gasteiger partial charge in [0.15, 0.2) is 0 Å². The first-order valence-electron chi connectivity index (χ1n) is 21.3. The van der Waals surface area contributed by atoms with Crippen LogP contribution in [0.1, 0.15) is 245 Å². The van der Waals surface area contributed by atoms with Gasteiger partial charge in [0.05, 0.1) is 6.61 Å². The van der Waals surface area contributed by atoms with Gasteiger partial charge in [0, 0.05) is 5.57 Å². The number of esters is 1. The lowest BCUT2D eigenvalue weighted by atomic mass is 10.0. The third-order valence-corrected chi connectivity index (χ3v) is 9.70. The van der Waals surface area contributed by atoms with Crippen molar-refractivity contribution in [3.63, 3.8) is 0 Å². The van der Waals surface area contributed by atoms with Crippen LogP contribution in [0.15, 0.2) is 23.8 Å². The lowest BCUT2D eigenvalue weighted by Gasteiger charge is -2.09. The first-order valence-corrected chi connectivity index (χ1v) is 21.3. The summed E-state index contributed by atoms with van der Waals surface area (Å²) in [5.74, 6) is -0.0718. The van der Waals surface area contributed by atoms with Crippen LogP contribution in [0, 0.1) is 0 Å². The van der Waals surface area contributed by atoms with E-state index in [1.165, 1.54) is 199 Å². The fraction of sp³-hybridized carbons (Fsp3) is 0.886. The van der Waals surface area contributed by atoms with Crippen molar-refractivity contribution in [3.05, 3.63) is 23.8 Å². The molecule has 0 aliphatic carbocycles. The lowest BCUT2D eigenvalue weighted by molar-refractivity contribution is -0.139. The molecule has 0 N–H and O–H groups in total. The van der Waals surface area contributed by atoms with Gasteiger partial charge in [-0.1, -0.05) is 232 Å². The molecule has 0 aliphatic rings. The summed E-state index contributed by atoms with van der Waals surface area (Å²) in [5.41, 5.74) is 0.883. The van der Waals surface area contributed by atoms with Gasteiger partial charge in [-0.15, -0.1) is 0 Å². The van der Waals surface area contributed by atoms with Crippen LogP contribution in [0.25, 0.3) is 0 Å². The normalized spacial score (nSPS) is 12.0.